The molecule has 1 aromatic rings. The van der Waals surface area contributed by atoms with E-state index in [1.54, 1.807) is 0 Å². The lowest BCUT2D eigenvalue weighted by atomic mass is 10.2. The van der Waals surface area contributed by atoms with E-state index < -0.39 is 0 Å². The highest BCUT2D eigenvalue weighted by Gasteiger charge is 2.02. The Morgan fingerprint density at radius 2 is 2.07 bits per heavy atom. The number of amides is 1. The van der Waals surface area contributed by atoms with Gasteiger partial charge in [0.2, 0.25) is 0 Å². The van der Waals surface area contributed by atoms with Crippen molar-refractivity contribution in [3.63, 3.8) is 0 Å². The molecule has 1 amide bonds. The summed E-state index contributed by atoms with van der Waals surface area (Å²) in [5, 5.41) is 0. The van der Waals surface area contributed by atoms with Crippen molar-refractivity contribution in [3.8, 4) is 0 Å². The molecule has 0 spiro atoms. The molecule has 3 heteroatoms. The van der Waals surface area contributed by atoms with Crippen LogP contribution in [-0.2, 0) is 0 Å². The number of hydrogen-bond donors (Lipinski definition) is 1. The summed E-state index contributed by atoms with van der Waals surface area (Å²) in [6.45, 7) is 2.14. The van der Waals surface area contributed by atoms with E-state index in [0.29, 0.717) is 0 Å². The van der Waals surface area contributed by atoms with Crippen LogP contribution in [0.25, 0.3) is 0 Å². The molecule has 0 radical (unpaired) electrons. The smallest absolute Gasteiger partial charge is 0.261 e. The summed E-state index contributed by atoms with van der Waals surface area (Å²) >= 11 is 1.48. The minimum absolute atomic E-state index is 0.00768. The molecule has 1 rings (SSSR count). The van der Waals surface area contributed by atoms with Crippen molar-refractivity contribution < 1.29 is 4.79 Å². The molecule has 0 aliphatic heterocycles. The Morgan fingerprint density at radius 3 is 2.71 bits per heavy atom. The van der Waals surface area contributed by atoms with Crippen LogP contribution in [0.2, 0.25) is 0 Å². The van der Waals surface area contributed by atoms with Crippen LogP contribution in [0.3, 0.4) is 0 Å². The minimum Gasteiger partial charge on any atom is -0.296 e. The number of nitrogens with one attached hydrogen (secondary N) is 1. The molecule has 2 nitrogen and oxygen atoms in total. The van der Waals surface area contributed by atoms with E-state index in [4.69, 9.17) is 0 Å². The number of rotatable bonds is 5. The van der Waals surface area contributed by atoms with Crippen molar-refractivity contribution in [1.82, 2.24) is 4.72 Å². The molecule has 0 atom stereocenters. The fraction of sp³-hybridized carbons (Fsp3) is 0.364. The summed E-state index contributed by atoms with van der Waals surface area (Å²) in [7, 11) is 0. The lowest BCUT2D eigenvalue weighted by Crippen LogP contribution is -2.16. The van der Waals surface area contributed by atoms with E-state index in [9.17, 15) is 4.79 Å². The van der Waals surface area contributed by atoms with Gasteiger partial charge < -0.3 is 0 Å². The van der Waals surface area contributed by atoms with Crippen LogP contribution in [0.15, 0.2) is 30.3 Å². The van der Waals surface area contributed by atoms with Crippen molar-refractivity contribution in [2.45, 2.75) is 19.8 Å². The molecule has 14 heavy (non-hydrogen) atoms. The molecule has 0 bridgehead atoms. The Hall–Kier alpha value is -0.960. The molecule has 76 valence electrons. The zero-order valence-electron chi connectivity index (χ0n) is 8.32. The average molecular weight is 209 g/mol. The van der Waals surface area contributed by atoms with Crippen LogP contribution in [0.5, 0.6) is 0 Å². The van der Waals surface area contributed by atoms with E-state index in [1.165, 1.54) is 11.9 Å². The Labute approximate surface area is 89.2 Å². The van der Waals surface area contributed by atoms with Gasteiger partial charge in [0.25, 0.3) is 5.91 Å². The van der Waals surface area contributed by atoms with E-state index in [1.807, 2.05) is 30.3 Å². The summed E-state index contributed by atoms with van der Waals surface area (Å²) in [4.78, 5) is 11.5. The summed E-state index contributed by atoms with van der Waals surface area (Å²) in [6, 6.07) is 9.27. The van der Waals surface area contributed by atoms with Crippen molar-refractivity contribution >= 4 is 17.9 Å². The van der Waals surface area contributed by atoms with Crippen molar-refractivity contribution in [2.24, 2.45) is 0 Å². The van der Waals surface area contributed by atoms with Crippen LogP contribution in [-0.4, -0.2) is 11.7 Å². The molecule has 0 heterocycles. The van der Waals surface area contributed by atoms with Gasteiger partial charge in [-0.2, -0.15) is 0 Å². The number of carbonyl (C=O) groups is 1. The molecule has 1 N–H and O–H groups in total. The zero-order valence-corrected chi connectivity index (χ0v) is 9.14. The van der Waals surface area contributed by atoms with E-state index >= 15 is 0 Å². The van der Waals surface area contributed by atoms with Gasteiger partial charge in [-0.1, -0.05) is 43.5 Å². The second-order valence-electron chi connectivity index (χ2n) is 3.00. The lowest BCUT2D eigenvalue weighted by Gasteiger charge is -2.02. The third-order valence-electron chi connectivity index (χ3n) is 1.80. The largest absolute Gasteiger partial charge is 0.296 e. The maximum atomic E-state index is 11.5. The fourth-order valence-electron chi connectivity index (χ4n) is 0.982. The van der Waals surface area contributed by atoms with Crippen molar-refractivity contribution in [3.05, 3.63) is 35.9 Å². The maximum Gasteiger partial charge on any atom is 0.261 e. The highest BCUT2D eigenvalue weighted by Crippen LogP contribution is 2.03. The molecule has 1 aromatic carbocycles. The SMILES string of the molecule is CCCCSNC(=O)c1ccccc1. The zero-order chi connectivity index (χ0) is 10.2. The molecule has 0 saturated heterocycles. The van der Waals surface area contributed by atoms with Gasteiger partial charge in [-0.15, -0.1) is 0 Å². The Bertz CT molecular complexity index is 274. The number of carbonyl (C=O) groups excluding carboxylic acids is 1. The minimum atomic E-state index is -0.00768. The molecular weight excluding hydrogens is 194 g/mol. The molecule has 0 saturated carbocycles. The van der Waals surface area contributed by atoms with Crippen LogP contribution < -0.4 is 4.72 Å². The monoisotopic (exact) mass is 209 g/mol. The second kappa shape index (κ2) is 6.49. The fourth-order valence-corrected chi connectivity index (χ4v) is 1.77. The van der Waals surface area contributed by atoms with E-state index in [-0.39, 0.29) is 5.91 Å². The van der Waals surface area contributed by atoms with Gasteiger partial charge in [-0.3, -0.25) is 9.52 Å². The second-order valence-corrected chi connectivity index (χ2v) is 3.90. The van der Waals surface area contributed by atoms with Gasteiger partial charge in [0.05, 0.1) is 0 Å². The van der Waals surface area contributed by atoms with Crippen LogP contribution in [0.1, 0.15) is 30.1 Å². The predicted molar refractivity (Wildman–Crippen MR) is 61.3 cm³/mol. The third-order valence-corrected chi connectivity index (χ3v) is 2.62. The first-order chi connectivity index (χ1) is 6.84. The van der Waals surface area contributed by atoms with Crippen LogP contribution in [0.4, 0.5) is 0 Å². The molecule has 0 aliphatic carbocycles. The first kappa shape index (κ1) is 11.1. The molecule has 0 unspecified atom stereocenters. The lowest BCUT2D eigenvalue weighted by molar-refractivity contribution is 0.0984. The topological polar surface area (TPSA) is 29.1 Å². The molecule has 0 aliphatic rings. The molecular formula is C11H15NOS. The number of hydrogen-bond acceptors (Lipinski definition) is 2. The van der Waals surface area contributed by atoms with Gasteiger partial charge in [0.15, 0.2) is 0 Å². The average Bonchev–Trinajstić information content (AvgIpc) is 2.25. The number of unbranched alkanes of at least 4 members (excludes halogenated alkanes) is 1. The molecule has 0 fully saturated rings. The molecule has 0 aromatic heterocycles. The predicted octanol–water partition coefficient (Wildman–Crippen LogP) is 2.86. The Morgan fingerprint density at radius 1 is 1.36 bits per heavy atom. The van der Waals surface area contributed by atoms with Crippen LogP contribution in [0, 0.1) is 0 Å². The van der Waals surface area contributed by atoms with Gasteiger partial charge in [-0.05, 0) is 18.6 Å². The van der Waals surface area contributed by atoms with Gasteiger partial charge in [0.1, 0.15) is 0 Å². The van der Waals surface area contributed by atoms with Gasteiger partial charge in [0, 0.05) is 11.3 Å². The summed E-state index contributed by atoms with van der Waals surface area (Å²) in [6.07, 6.45) is 2.30. The first-order valence-corrected chi connectivity index (χ1v) is 5.80. The van der Waals surface area contributed by atoms with Crippen LogP contribution >= 0.6 is 11.9 Å². The highest BCUT2D eigenvalue weighted by molar-refractivity contribution is 7.97. The quantitative estimate of drug-likeness (QED) is 0.597. The van der Waals surface area contributed by atoms with E-state index in [0.717, 1.165) is 24.2 Å². The van der Waals surface area contributed by atoms with E-state index in [2.05, 4.69) is 11.6 Å². The summed E-state index contributed by atoms with van der Waals surface area (Å²) in [5.41, 5.74) is 0.719. The normalized spacial score (nSPS) is 9.79. The summed E-state index contributed by atoms with van der Waals surface area (Å²) in [5.74, 6) is 0.974. The standard InChI is InChI=1S/C11H15NOS/c1-2-3-9-14-12-11(13)10-7-5-4-6-8-10/h4-8H,2-3,9H2,1H3,(H,12,13). The van der Waals surface area contributed by atoms with Crippen molar-refractivity contribution in [1.29, 1.82) is 0 Å². The third kappa shape index (κ3) is 3.83. The summed E-state index contributed by atoms with van der Waals surface area (Å²) < 4.78 is 2.81. The maximum absolute atomic E-state index is 11.5. The van der Waals surface area contributed by atoms with Crippen molar-refractivity contribution in [2.75, 3.05) is 5.75 Å². The van der Waals surface area contributed by atoms with Gasteiger partial charge in [-0.25, -0.2) is 0 Å². The number of benzene rings is 1. The highest BCUT2D eigenvalue weighted by atomic mass is 32.2. The first-order valence-electron chi connectivity index (χ1n) is 4.81. The van der Waals surface area contributed by atoms with Gasteiger partial charge >= 0.3 is 0 Å². The Balaban J connectivity index is 2.29. The Kier molecular flexibility index (Phi) is 5.15.